The molecule has 27 heavy (non-hydrogen) atoms. The molecule has 2 aromatic carbocycles. The Morgan fingerprint density at radius 2 is 1.70 bits per heavy atom. The first-order valence-electron chi connectivity index (χ1n) is 8.13. The largest absolute Gasteiger partial charge is 0.482 e. The fourth-order valence-electron chi connectivity index (χ4n) is 2.60. The molecular weight excluding hydrogens is 434 g/mol. The van der Waals surface area contributed by atoms with Crippen molar-refractivity contribution in [2.75, 3.05) is 43.1 Å². The molecule has 3 rings (SSSR count). The van der Waals surface area contributed by atoms with E-state index in [-0.39, 0.29) is 23.3 Å². The maximum absolute atomic E-state index is 12.1. The Balaban J connectivity index is 1.59. The third-order valence-corrected chi connectivity index (χ3v) is 5.24. The van der Waals surface area contributed by atoms with Crippen molar-refractivity contribution in [1.29, 1.82) is 0 Å². The molecule has 1 fully saturated rings. The molecule has 0 spiro atoms. The number of rotatable bonds is 5. The first-order valence-corrected chi connectivity index (χ1v) is 9.64. The standard InChI is InChI=1S/C18H16Cl4N2O3/c19-12-8-15(22)17(9-13(12)20)27-10-18(25)23-11-1-2-16(14(21)7-11)24-3-5-26-6-4-24/h1-2,7-9H,3-6,10H2,(H,23,25). The zero-order valence-corrected chi connectivity index (χ0v) is 17.1. The van der Waals surface area contributed by atoms with Crippen LogP contribution in [0.3, 0.4) is 0 Å². The third-order valence-electron chi connectivity index (χ3n) is 3.92. The minimum atomic E-state index is -0.354. The molecule has 9 heteroatoms. The van der Waals surface area contributed by atoms with Gasteiger partial charge in [0.15, 0.2) is 6.61 Å². The van der Waals surface area contributed by atoms with Crippen molar-refractivity contribution < 1.29 is 14.3 Å². The van der Waals surface area contributed by atoms with E-state index >= 15 is 0 Å². The molecule has 1 saturated heterocycles. The van der Waals surface area contributed by atoms with Crippen LogP contribution in [0.2, 0.25) is 20.1 Å². The van der Waals surface area contributed by atoms with Gasteiger partial charge in [-0.15, -0.1) is 0 Å². The van der Waals surface area contributed by atoms with Crippen LogP contribution in [0.15, 0.2) is 30.3 Å². The van der Waals surface area contributed by atoms with Crippen LogP contribution in [0.25, 0.3) is 0 Å². The average Bonchev–Trinajstić information content (AvgIpc) is 2.64. The summed E-state index contributed by atoms with van der Waals surface area (Å²) in [6.45, 7) is 2.67. The van der Waals surface area contributed by atoms with E-state index in [0.29, 0.717) is 34.0 Å². The van der Waals surface area contributed by atoms with Gasteiger partial charge in [-0.3, -0.25) is 4.79 Å². The molecule has 2 aromatic rings. The van der Waals surface area contributed by atoms with Crippen LogP contribution in [0, 0.1) is 0 Å². The zero-order valence-electron chi connectivity index (χ0n) is 14.1. The molecule has 0 bridgehead atoms. The normalized spacial score (nSPS) is 14.1. The molecule has 5 nitrogen and oxygen atoms in total. The van der Waals surface area contributed by atoms with Crippen molar-refractivity contribution in [2.24, 2.45) is 0 Å². The highest BCUT2D eigenvalue weighted by molar-refractivity contribution is 6.43. The molecule has 0 aromatic heterocycles. The van der Waals surface area contributed by atoms with E-state index in [0.717, 1.165) is 18.8 Å². The van der Waals surface area contributed by atoms with Crippen LogP contribution in [-0.4, -0.2) is 38.8 Å². The number of hydrogen-bond acceptors (Lipinski definition) is 4. The van der Waals surface area contributed by atoms with E-state index < -0.39 is 0 Å². The summed E-state index contributed by atoms with van der Waals surface area (Å²) in [5.74, 6) is -0.0748. The molecule has 0 radical (unpaired) electrons. The van der Waals surface area contributed by atoms with Crippen LogP contribution in [-0.2, 0) is 9.53 Å². The molecule has 0 atom stereocenters. The number of ether oxygens (including phenoxy) is 2. The Morgan fingerprint density at radius 1 is 1.00 bits per heavy atom. The van der Waals surface area contributed by atoms with Gasteiger partial charge in [-0.05, 0) is 24.3 Å². The SMILES string of the molecule is O=C(COc1cc(Cl)c(Cl)cc1Cl)Nc1ccc(N2CCOCC2)c(Cl)c1. The summed E-state index contributed by atoms with van der Waals surface area (Å²) in [7, 11) is 0. The molecule has 1 amide bonds. The van der Waals surface area contributed by atoms with Gasteiger partial charge in [0, 0.05) is 24.8 Å². The highest BCUT2D eigenvalue weighted by Crippen LogP contribution is 2.34. The Bertz CT molecular complexity index is 842. The molecule has 1 heterocycles. The summed E-state index contributed by atoms with van der Waals surface area (Å²) in [5.41, 5.74) is 1.49. The van der Waals surface area contributed by atoms with Gasteiger partial charge in [0.2, 0.25) is 0 Å². The number of amides is 1. The summed E-state index contributed by atoms with van der Waals surface area (Å²) in [6.07, 6.45) is 0. The van der Waals surface area contributed by atoms with Gasteiger partial charge in [0.05, 0.1) is 39.0 Å². The van der Waals surface area contributed by atoms with Crippen LogP contribution < -0.4 is 15.0 Å². The van der Waals surface area contributed by atoms with E-state index in [1.807, 2.05) is 6.07 Å². The summed E-state index contributed by atoms with van der Waals surface area (Å²) in [4.78, 5) is 14.3. The number of hydrogen-bond donors (Lipinski definition) is 1. The minimum Gasteiger partial charge on any atom is -0.482 e. The van der Waals surface area contributed by atoms with E-state index in [2.05, 4.69) is 10.2 Å². The van der Waals surface area contributed by atoms with Gasteiger partial charge in [0.1, 0.15) is 5.75 Å². The van der Waals surface area contributed by atoms with Crippen molar-refractivity contribution in [3.05, 3.63) is 50.4 Å². The lowest BCUT2D eigenvalue weighted by atomic mass is 10.2. The second kappa shape index (κ2) is 9.22. The summed E-state index contributed by atoms with van der Waals surface area (Å²) in [6, 6.07) is 8.30. The second-order valence-electron chi connectivity index (χ2n) is 5.80. The molecule has 0 saturated carbocycles. The molecule has 1 aliphatic heterocycles. The van der Waals surface area contributed by atoms with E-state index in [1.165, 1.54) is 12.1 Å². The molecule has 0 unspecified atom stereocenters. The van der Waals surface area contributed by atoms with Crippen LogP contribution >= 0.6 is 46.4 Å². The summed E-state index contributed by atoms with van der Waals surface area (Å²) >= 11 is 24.2. The lowest BCUT2D eigenvalue weighted by Crippen LogP contribution is -2.36. The fourth-order valence-corrected chi connectivity index (χ4v) is 3.49. The predicted octanol–water partition coefficient (Wildman–Crippen LogP) is 5.15. The molecular formula is C18H16Cl4N2O3. The number of carbonyl (C=O) groups is 1. The van der Waals surface area contributed by atoms with Gasteiger partial charge in [-0.25, -0.2) is 0 Å². The minimum absolute atomic E-state index is 0.236. The molecule has 1 aliphatic rings. The van der Waals surface area contributed by atoms with Gasteiger partial charge in [-0.1, -0.05) is 46.4 Å². The smallest absolute Gasteiger partial charge is 0.262 e. The van der Waals surface area contributed by atoms with E-state index in [9.17, 15) is 4.79 Å². The average molecular weight is 450 g/mol. The maximum Gasteiger partial charge on any atom is 0.262 e. The first kappa shape index (κ1) is 20.4. The van der Waals surface area contributed by atoms with Crippen molar-refractivity contribution in [3.8, 4) is 5.75 Å². The van der Waals surface area contributed by atoms with Crippen molar-refractivity contribution in [2.45, 2.75) is 0 Å². The Kier molecular flexibility index (Phi) is 6.95. The Hall–Kier alpha value is -1.37. The second-order valence-corrected chi connectivity index (χ2v) is 7.43. The van der Waals surface area contributed by atoms with Crippen molar-refractivity contribution in [1.82, 2.24) is 0 Å². The predicted molar refractivity (Wildman–Crippen MR) is 110 cm³/mol. The van der Waals surface area contributed by atoms with Gasteiger partial charge in [-0.2, -0.15) is 0 Å². The lowest BCUT2D eigenvalue weighted by Gasteiger charge is -2.29. The number of nitrogens with one attached hydrogen (secondary N) is 1. The number of morpholine rings is 1. The number of nitrogens with zero attached hydrogens (tertiary/aromatic N) is 1. The first-order chi connectivity index (χ1) is 12.9. The monoisotopic (exact) mass is 448 g/mol. The Labute approximate surface area is 177 Å². The number of benzene rings is 2. The van der Waals surface area contributed by atoms with E-state index in [1.54, 1.807) is 12.1 Å². The van der Waals surface area contributed by atoms with Crippen LogP contribution in [0.1, 0.15) is 0 Å². The molecule has 144 valence electrons. The molecule has 1 N–H and O–H groups in total. The van der Waals surface area contributed by atoms with Gasteiger partial charge < -0.3 is 19.7 Å². The highest BCUT2D eigenvalue weighted by Gasteiger charge is 2.15. The zero-order chi connectivity index (χ0) is 19.4. The highest BCUT2D eigenvalue weighted by atomic mass is 35.5. The van der Waals surface area contributed by atoms with Crippen molar-refractivity contribution >= 4 is 63.7 Å². The molecule has 0 aliphatic carbocycles. The van der Waals surface area contributed by atoms with Crippen molar-refractivity contribution in [3.63, 3.8) is 0 Å². The quantitative estimate of drug-likeness (QED) is 0.641. The fraction of sp³-hybridized carbons (Fsp3) is 0.278. The topological polar surface area (TPSA) is 50.8 Å². The number of halogens is 4. The number of anilines is 2. The third kappa shape index (κ3) is 5.33. The number of carbonyl (C=O) groups excluding carboxylic acids is 1. The van der Waals surface area contributed by atoms with Crippen LogP contribution in [0.4, 0.5) is 11.4 Å². The van der Waals surface area contributed by atoms with Crippen LogP contribution in [0.5, 0.6) is 5.75 Å². The summed E-state index contributed by atoms with van der Waals surface area (Å²) < 4.78 is 10.8. The van der Waals surface area contributed by atoms with Gasteiger partial charge in [0.25, 0.3) is 5.91 Å². The lowest BCUT2D eigenvalue weighted by molar-refractivity contribution is -0.118. The summed E-state index contributed by atoms with van der Waals surface area (Å²) in [5, 5.41) is 4.17. The van der Waals surface area contributed by atoms with E-state index in [4.69, 9.17) is 55.9 Å². The Morgan fingerprint density at radius 3 is 2.41 bits per heavy atom. The maximum atomic E-state index is 12.1. The van der Waals surface area contributed by atoms with Gasteiger partial charge >= 0.3 is 0 Å².